The molecule has 0 radical (unpaired) electrons. The van der Waals surface area contributed by atoms with Crippen LogP contribution in [0.25, 0.3) is 90.4 Å². The first-order chi connectivity index (χ1) is 45.3. The van der Waals surface area contributed by atoms with Crippen LogP contribution in [0.3, 0.4) is 0 Å². The largest absolute Gasteiger partial charge is 0.462 e. The number of H-pyrrole nitrogens is 2. The highest BCUT2D eigenvalue weighted by Gasteiger charge is 2.36. The van der Waals surface area contributed by atoms with Crippen molar-refractivity contribution >= 4 is 164 Å². The van der Waals surface area contributed by atoms with Gasteiger partial charge in [-0.05, 0) is 186 Å². The van der Waals surface area contributed by atoms with Gasteiger partial charge in [0.05, 0.1) is 120 Å². The van der Waals surface area contributed by atoms with E-state index in [9.17, 15) is 43.2 Å². The number of carbonyl (C=O) groups is 9. The van der Waals surface area contributed by atoms with Gasteiger partial charge in [0.25, 0.3) is 0 Å². The summed E-state index contributed by atoms with van der Waals surface area (Å²) in [5, 5.41) is 0. The van der Waals surface area contributed by atoms with Gasteiger partial charge in [-0.15, -0.1) is 0 Å². The summed E-state index contributed by atoms with van der Waals surface area (Å²) in [6.07, 6.45) is 5.18. The molecule has 0 amide bonds. The molecular weight excluding hydrogens is 1480 g/mol. The Bertz CT molecular complexity index is 4580. The summed E-state index contributed by atoms with van der Waals surface area (Å²) < 4.78 is 45.6. The van der Waals surface area contributed by atoms with E-state index in [-0.39, 0.29) is 210 Å². The third-order valence-corrected chi connectivity index (χ3v) is 17.2. The molecular formula is C69H58Br4N4O17. The fourth-order valence-corrected chi connectivity index (χ4v) is 12.9. The lowest BCUT2D eigenvalue weighted by molar-refractivity contribution is -0.103. The molecule has 484 valence electrons. The SMILES string of the molecule is CCOC(=O)c1c(Br)ccc(-c2c3nc(c(-c4ccc(Br)c(C(=O)OCC)c4C(=O)OCC)c4ccc([nH]4)c(-c4ccc(Br)c(C(=O)OCC)c4C(=O)OCC)c4nc(c(-c5ccc(Br)c(C(=O)OCC)c5C(=O)OCC)c5ccc2[nH]5)C=C4C=O)C=C3)c1C(=O)OCC. The lowest BCUT2D eigenvalue weighted by Gasteiger charge is -2.17. The maximum atomic E-state index is 14.8. The van der Waals surface area contributed by atoms with Crippen LogP contribution < -0.4 is 0 Å². The summed E-state index contributed by atoms with van der Waals surface area (Å²) in [5.41, 5.74) is -0.837. The van der Waals surface area contributed by atoms with E-state index < -0.39 is 47.8 Å². The van der Waals surface area contributed by atoms with Gasteiger partial charge < -0.3 is 47.9 Å². The maximum absolute atomic E-state index is 14.8. The van der Waals surface area contributed by atoms with Gasteiger partial charge in [0.1, 0.15) is 0 Å². The molecule has 0 unspecified atom stereocenters. The van der Waals surface area contributed by atoms with Crippen molar-refractivity contribution in [3.8, 4) is 44.5 Å². The second kappa shape index (κ2) is 30.3. The zero-order valence-corrected chi connectivity index (χ0v) is 58.1. The van der Waals surface area contributed by atoms with E-state index in [4.69, 9.17) is 47.9 Å². The number of aldehydes is 1. The number of aromatic amines is 2. The molecule has 9 rings (SSSR count). The van der Waals surface area contributed by atoms with Crippen LogP contribution in [0, 0.1) is 0 Å². The molecule has 2 aliphatic rings. The van der Waals surface area contributed by atoms with Gasteiger partial charge in [0.2, 0.25) is 0 Å². The predicted octanol–water partition coefficient (Wildman–Crippen LogP) is 15.4. The summed E-state index contributed by atoms with van der Waals surface area (Å²) in [4.78, 5) is 147. The highest BCUT2D eigenvalue weighted by Crippen LogP contribution is 2.46. The molecule has 25 heteroatoms. The van der Waals surface area contributed by atoms with Crippen molar-refractivity contribution in [2.45, 2.75) is 55.4 Å². The number of nitrogens with one attached hydrogen (secondary N) is 2. The maximum Gasteiger partial charge on any atom is 0.340 e. The molecule has 8 bridgehead atoms. The molecule has 2 aliphatic heterocycles. The Morgan fingerprint density at radius 3 is 0.851 bits per heavy atom. The van der Waals surface area contributed by atoms with Gasteiger partial charge in [0, 0.05) is 90.0 Å². The number of allylic oxidation sites excluding steroid dienone is 1. The second-order valence-electron chi connectivity index (χ2n) is 20.0. The number of fused-ring (bicyclic) bond motifs is 8. The zero-order valence-electron chi connectivity index (χ0n) is 51.7. The number of hydrogen-bond acceptors (Lipinski definition) is 19. The molecule has 0 atom stereocenters. The van der Waals surface area contributed by atoms with E-state index in [0.717, 1.165) is 0 Å². The minimum atomic E-state index is -0.973. The highest BCUT2D eigenvalue weighted by molar-refractivity contribution is 9.11. The van der Waals surface area contributed by atoms with Crippen molar-refractivity contribution in [1.29, 1.82) is 0 Å². The minimum absolute atomic E-state index is 0.00634. The number of halogens is 4. The Balaban J connectivity index is 1.65. The average molecular weight is 1530 g/mol. The van der Waals surface area contributed by atoms with Crippen LogP contribution in [0.4, 0.5) is 0 Å². The first kappa shape index (κ1) is 69.2. The van der Waals surface area contributed by atoms with Crippen molar-refractivity contribution in [2.75, 3.05) is 52.9 Å². The number of ether oxygens (including phenoxy) is 8. The Kier molecular flexibility index (Phi) is 22.3. The standard InChI is InChI=1S/C69H58Br4N4O17/c1-9-87-62(79)53-34(17-21-38(70)57(53)66(83)91-13-5)49-42-25-26-43(74-42)50(35-18-22-39(71)58(67(84)92-14-6)54(35)63(80)88-10-2)45-29-30-47(76-45)52(37-20-24-41(73)60(69(86)94-16-8)56(37)65(82)90-12-4)61-33(32-78)31-48(77-61)51(46-28-27-44(49)75-46)36-19-23-40(72)59(68(85)93-15-7)55(36)64(81)89-11-3/h17-32,75-76H,9-16H2,1-8H3. The van der Waals surface area contributed by atoms with E-state index in [1.54, 1.807) is 116 Å². The molecule has 5 heterocycles. The van der Waals surface area contributed by atoms with Crippen molar-refractivity contribution < 1.29 is 81.0 Å². The van der Waals surface area contributed by atoms with Crippen LogP contribution in [0.2, 0.25) is 0 Å². The summed E-state index contributed by atoms with van der Waals surface area (Å²) in [6, 6.07) is 18.8. The normalized spacial score (nSPS) is 11.5. The molecule has 0 saturated heterocycles. The molecule has 3 aromatic heterocycles. The minimum Gasteiger partial charge on any atom is -0.462 e. The summed E-state index contributed by atoms with van der Waals surface area (Å²) >= 11 is 14.0. The van der Waals surface area contributed by atoms with E-state index in [1.165, 1.54) is 30.3 Å². The molecule has 0 fully saturated rings. The monoisotopic (exact) mass is 1530 g/mol. The Morgan fingerprint density at radius 2 is 0.585 bits per heavy atom. The number of hydrogen-bond donors (Lipinski definition) is 2. The number of benzene rings is 4. The summed E-state index contributed by atoms with van der Waals surface area (Å²) in [5.74, 6) is -7.36. The molecule has 4 aromatic carbocycles. The third-order valence-electron chi connectivity index (χ3n) is 14.6. The average Bonchev–Trinajstić information content (AvgIpc) is 1.52. The molecule has 0 spiro atoms. The molecule has 94 heavy (non-hydrogen) atoms. The van der Waals surface area contributed by atoms with E-state index >= 15 is 0 Å². The molecule has 21 nitrogen and oxygen atoms in total. The van der Waals surface area contributed by atoms with Gasteiger partial charge >= 0.3 is 47.8 Å². The number of esters is 8. The van der Waals surface area contributed by atoms with Crippen LogP contribution in [0.1, 0.15) is 161 Å². The lowest BCUT2D eigenvalue weighted by atomic mass is 9.92. The summed E-state index contributed by atoms with van der Waals surface area (Å²) in [6.45, 7) is 11.9. The molecule has 7 aromatic rings. The van der Waals surface area contributed by atoms with Gasteiger partial charge in [-0.1, -0.05) is 24.3 Å². The molecule has 0 aliphatic carbocycles. The van der Waals surface area contributed by atoms with Crippen LogP contribution >= 0.6 is 63.7 Å². The smallest absolute Gasteiger partial charge is 0.340 e. The summed E-state index contributed by atoms with van der Waals surface area (Å²) in [7, 11) is 0. The van der Waals surface area contributed by atoms with Crippen LogP contribution in [-0.2, 0) is 42.7 Å². The fourth-order valence-electron chi connectivity index (χ4n) is 10.9. The number of aromatic nitrogens is 4. The quantitative estimate of drug-likeness (QED) is 0.0384. The lowest BCUT2D eigenvalue weighted by Crippen LogP contribution is -2.17. The van der Waals surface area contributed by atoms with Gasteiger partial charge in [0.15, 0.2) is 6.29 Å². The Hall–Kier alpha value is -9.17. The van der Waals surface area contributed by atoms with Gasteiger partial charge in [-0.3, -0.25) is 4.79 Å². The van der Waals surface area contributed by atoms with E-state index in [0.29, 0.717) is 6.29 Å². The topological polar surface area (TPSA) is 285 Å². The van der Waals surface area contributed by atoms with Crippen LogP contribution in [0.5, 0.6) is 0 Å². The van der Waals surface area contributed by atoms with Gasteiger partial charge in [-0.2, -0.15) is 0 Å². The number of nitrogens with zero attached hydrogens (tertiary/aromatic N) is 2. The molecule has 2 N–H and O–H groups in total. The fraction of sp³-hybridized carbons (Fsp3) is 0.232. The number of rotatable bonds is 21. The van der Waals surface area contributed by atoms with Gasteiger partial charge in [-0.25, -0.2) is 48.3 Å². The first-order valence-corrected chi connectivity index (χ1v) is 32.8. The predicted molar refractivity (Wildman–Crippen MR) is 364 cm³/mol. The van der Waals surface area contributed by atoms with Crippen LogP contribution in [0.15, 0.2) is 90.7 Å². The zero-order chi connectivity index (χ0) is 67.8. The van der Waals surface area contributed by atoms with Crippen molar-refractivity contribution in [2.24, 2.45) is 0 Å². The molecule has 0 saturated carbocycles. The van der Waals surface area contributed by atoms with Crippen molar-refractivity contribution in [1.82, 2.24) is 19.9 Å². The first-order valence-electron chi connectivity index (χ1n) is 29.6. The number of carbonyl (C=O) groups excluding carboxylic acids is 9. The van der Waals surface area contributed by atoms with Crippen LogP contribution in [-0.4, -0.2) is 127 Å². The van der Waals surface area contributed by atoms with Crippen molar-refractivity contribution in [3.05, 3.63) is 158 Å². The Labute approximate surface area is 571 Å². The second-order valence-corrected chi connectivity index (χ2v) is 23.4. The Morgan fingerprint density at radius 1 is 0.340 bits per heavy atom. The third kappa shape index (κ3) is 13.3. The van der Waals surface area contributed by atoms with Crippen molar-refractivity contribution in [3.63, 3.8) is 0 Å². The van der Waals surface area contributed by atoms with E-state index in [2.05, 4.69) is 73.7 Å². The highest BCUT2D eigenvalue weighted by atomic mass is 79.9. The van der Waals surface area contributed by atoms with E-state index in [1.807, 2.05) is 0 Å².